The van der Waals surface area contributed by atoms with E-state index < -0.39 is 5.60 Å². The van der Waals surface area contributed by atoms with Crippen molar-refractivity contribution < 1.29 is 19.1 Å². The minimum atomic E-state index is -0.850. The van der Waals surface area contributed by atoms with Crippen LogP contribution in [0.3, 0.4) is 0 Å². The van der Waals surface area contributed by atoms with Gasteiger partial charge in [0, 0.05) is 51.0 Å². The molecular weight excluding hydrogens is 308 g/mol. The number of amides is 1. The van der Waals surface area contributed by atoms with Gasteiger partial charge in [-0.25, -0.2) is 4.98 Å². The van der Waals surface area contributed by atoms with Gasteiger partial charge in [0.2, 0.25) is 5.91 Å². The number of aromatic nitrogens is 1. The lowest BCUT2D eigenvalue weighted by Gasteiger charge is -2.32. The van der Waals surface area contributed by atoms with Gasteiger partial charge >= 0.3 is 0 Å². The Kier molecular flexibility index (Phi) is 5.27. The van der Waals surface area contributed by atoms with Crippen LogP contribution in [-0.2, 0) is 16.0 Å². The van der Waals surface area contributed by atoms with Crippen molar-refractivity contribution in [2.45, 2.75) is 31.3 Å². The van der Waals surface area contributed by atoms with E-state index in [0.29, 0.717) is 44.1 Å². The Morgan fingerprint density at radius 1 is 1.25 bits per heavy atom. The van der Waals surface area contributed by atoms with Gasteiger partial charge in [-0.2, -0.15) is 0 Å². The number of nitrogens with one attached hydrogen (secondary N) is 1. The van der Waals surface area contributed by atoms with Crippen LogP contribution in [0.4, 0.5) is 0 Å². The molecule has 2 N–H and O–H groups in total. The van der Waals surface area contributed by atoms with Crippen molar-refractivity contribution in [3.05, 3.63) is 42.4 Å². The number of nitrogens with zero attached hydrogens (tertiary/aromatic N) is 1. The topological polar surface area (TPSA) is 84.6 Å². The molecule has 1 aliphatic rings. The highest BCUT2D eigenvalue weighted by Crippen LogP contribution is 2.21. The van der Waals surface area contributed by atoms with Crippen molar-refractivity contribution >= 4 is 5.91 Å². The highest BCUT2D eigenvalue weighted by atomic mass is 16.5. The van der Waals surface area contributed by atoms with Crippen molar-refractivity contribution in [2.75, 3.05) is 19.8 Å². The number of carbonyl (C=O) groups is 1. The lowest BCUT2D eigenvalue weighted by atomic mass is 9.94. The molecule has 2 heterocycles. The van der Waals surface area contributed by atoms with Gasteiger partial charge in [0.25, 0.3) is 0 Å². The van der Waals surface area contributed by atoms with Gasteiger partial charge < -0.3 is 19.6 Å². The summed E-state index contributed by atoms with van der Waals surface area (Å²) in [7, 11) is 0. The maximum Gasteiger partial charge on any atom is 0.220 e. The van der Waals surface area contributed by atoms with Crippen LogP contribution in [0.15, 0.2) is 40.9 Å². The SMILES string of the molecule is O=C(CCc1ncc(-c2ccccc2)o1)NCC1(O)CCOCC1. The second kappa shape index (κ2) is 7.59. The Morgan fingerprint density at radius 2 is 2.00 bits per heavy atom. The third-order valence-corrected chi connectivity index (χ3v) is 4.22. The molecule has 0 spiro atoms. The molecule has 1 aromatic carbocycles. The van der Waals surface area contributed by atoms with Crippen LogP contribution in [0.1, 0.15) is 25.2 Å². The van der Waals surface area contributed by atoms with Gasteiger partial charge in [-0.15, -0.1) is 0 Å². The van der Waals surface area contributed by atoms with E-state index in [4.69, 9.17) is 9.15 Å². The van der Waals surface area contributed by atoms with E-state index in [2.05, 4.69) is 10.3 Å². The monoisotopic (exact) mass is 330 g/mol. The molecule has 1 amide bonds. The summed E-state index contributed by atoms with van der Waals surface area (Å²) in [6, 6.07) is 9.71. The molecule has 1 saturated heterocycles. The van der Waals surface area contributed by atoms with Crippen molar-refractivity contribution in [2.24, 2.45) is 0 Å². The third-order valence-electron chi connectivity index (χ3n) is 4.22. The minimum absolute atomic E-state index is 0.116. The Bertz CT molecular complexity index is 663. The van der Waals surface area contributed by atoms with Crippen LogP contribution in [0.2, 0.25) is 0 Å². The van der Waals surface area contributed by atoms with E-state index in [0.717, 1.165) is 5.56 Å². The molecule has 0 radical (unpaired) electrons. The summed E-state index contributed by atoms with van der Waals surface area (Å²) in [6.45, 7) is 1.33. The van der Waals surface area contributed by atoms with Gasteiger partial charge in [0.1, 0.15) is 0 Å². The van der Waals surface area contributed by atoms with E-state index in [9.17, 15) is 9.90 Å². The van der Waals surface area contributed by atoms with Gasteiger partial charge in [-0.05, 0) is 0 Å². The number of oxazole rings is 1. The van der Waals surface area contributed by atoms with Crippen molar-refractivity contribution in [1.82, 2.24) is 10.3 Å². The number of hydrogen-bond donors (Lipinski definition) is 2. The van der Waals surface area contributed by atoms with E-state index in [1.807, 2.05) is 30.3 Å². The molecule has 0 bridgehead atoms. The molecular formula is C18H22N2O4. The summed E-state index contributed by atoms with van der Waals surface area (Å²) >= 11 is 0. The Labute approximate surface area is 140 Å². The lowest BCUT2D eigenvalue weighted by Crippen LogP contribution is -2.46. The molecule has 1 aromatic heterocycles. The number of rotatable bonds is 6. The van der Waals surface area contributed by atoms with Gasteiger partial charge in [0.15, 0.2) is 11.7 Å². The number of ether oxygens (including phenoxy) is 1. The average Bonchev–Trinajstić information content (AvgIpc) is 3.09. The molecule has 24 heavy (non-hydrogen) atoms. The second-order valence-electron chi connectivity index (χ2n) is 6.10. The molecule has 0 saturated carbocycles. The summed E-state index contributed by atoms with van der Waals surface area (Å²) in [5, 5.41) is 13.1. The molecule has 1 fully saturated rings. The fraction of sp³-hybridized carbons (Fsp3) is 0.444. The molecule has 128 valence electrons. The molecule has 6 heteroatoms. The zero-order chi connectivity index (χ0) is 16.8. The first-order valence-electron chi connectivity index (χ1n) is 8.22. The Hall–Kier alpha value is -2.18. The van der Waals surface area contributed by atoms with E-state index >= 15 is 0 Å². The van der Waals surface area contributed by atoms with E-state index in [1.54, 1.807) is 6.20 Å². The number of aryl methyl sites for hydroxylation is 1. The van der Waals surface area contributed by atoms with Crippen LogP contribution in [0, 0.1) is 0 Å². The molecule has 3 rings (SSSR count). The summed E-state index contributed by atoms with van der Waals surface area (Å²) in [5.74, 6) is 1.12. The fourth-order valence-electron chi connectivity index (χ4n) is 2.66. The second-order valence-corrected chi connectivity index (χ2v) is 6.10. The summed E-state index contributed by atoms with van der Waals surface area (Å²) < 4.78 is 10.9. The van der Waals surface area contributed by atoms with Gasteiger partial charge in [-0.3, -0.25) is 4.79 Å². The standard InChI is InChI=1S/C18H22N2O4/c21-16(20-13-18(22)8-10-23-11-9-18)6-7-17-19-12-15(24-17)14-4-2-1-3-5-14/h1-5,12,22H,6-11,13H2,(H,20,21). The predicted octanol–water partition coefficient (Wildman–Crippen LogP) is 1.93. The predicted molar refractivity (Wildman–Crippen MR) is 88.3 cm³/mol. The molecule has 2 aromatic rings. The zero-order valence-corrected chi connectivity index (χ0v) is 13.5. The first kappa shape index (κ1) is 16.7. The molecule has 0 atom stereocenters. The smallest absolute Gasteiger partial charge is 0.220 e. The summed E-state index contributed by atoms with van der Waals surface area (Å²) in [6.07, 6.45) is 3.48. The lowest BCUT2D eigenvalue weighted by molar-refractivity contribution is -0.124. The number of aliphatic hydroxyl groups is 1. The maximum absolute atomic E-state index is 12.0. The first-order valence-corrected chi connectivity index (χ1v) is 8.22. The number of carbonyl (C=O) groups excluding carboxylic acids is 1. The van der Waals surface area contributed by atoms with E-state index in [-0.39, 0.29) is 18.9 Å². The molecule has 1 aliphatic heterocycles. The van der Waals surface area contributed by atoms with Crippen LogP contribution in [-0.4, -0.2) is 41.4 Å². The van der Waals surface area contributed by atoms with E-state index in [1.165, 1.54) is 0 Å². The highest BCUT2D eigenvalue weighted by Gasteiger charge is 2.30. The van der Waals surface area contributed by atoms with Gasteiger partial charge in [0.05, 0.1) is 11.8 Å². The minimum Gasteiger partial charge on any atom is -0.441 e. The largest absolute Gasteiger partial charge is 0.441 e. The summed E-state index contributed by atoms with van der Waals surface area (Å²) in [5.41, 5.74) is 0.111. The maximum atomic E-state index is 12.0. The molecule has 0 aliphatic carbocycles. The molecule has 0 unspecified atom stereocenters. The van der Waals surface area contributed by atoms with Gasteiger partial charge in [-0.1, -0.05) is 30.3 Å². The van der Waals surface area contributed by atoms with Crippen LogP contribution >= 0.6 is 0 Å². The van der Waals surface area contributed by atoms with Crippen LogP contribution in [0.25, 0.3) is 11.3 Å². The summed E-state index contributed by atoms with van der Waals surface area (Å²) in [4.78, 5) is 16.2. The van der Waals surface area contributed by atoms with Crippen molar-refractivity contribution in [1.29, 1.82) is 0 Å². The number of benzene rings is 1. The normalized spacial score (nSPS) is 16.7. The first-order chi connectivity index (χ1) is 11.6. The third kappa shape index (κ3) is 4.43. The Morgan fingerprint density at radius 3 is 2.75 bits per heavy atom. The van der Waals surface area contributed by atoms with Crippen LogP contribution in [0.5, 0.6) is 0 Å². The van der Waals surface area contributed by atoms with Crippen LogP contribution < -0.4 is 5.32 Å². The Balaban J connectivity index is 1.46. The quantitative estimate of drug-likeness (QED) is 0.845. The van der Waals surface area contributed by atoms with Crippen molar-refractivity contribution in [3.8, 4) is 11.3 Å². The van der Waals surface area contributed by atoms with Crippen molar-refractivity contribution in [3.63, 3.8) is 0 Å². The average molecular weight is 330 g/mol. The zero-order valence-electron chi connectivity index (χ0n) is 13.5. The highest BCUT2D eigenvalue weighted by molar-refractivity contribution is 5.76. The molecule has 6 nitrogen and oxygen atoms in total. The fourth-order valence-corrected chi connectivity index (χ4v) is 2.66. The number of hydrogen-bond acceptors (Lipinski definition) is 5.